The molecule has 0 radical (unpaired) electrons. The van der Waals surface area contributed by atoms with Gasteiger partial charge in [-0.3, -0.25) is 9.69 Å². The van der Waals surface area contributed by atoms with Crippen LogP contribution in [0.3, 0.4) is 0 Å². The number of hydrogen-bond donors (Lipinski definition) is 0. The molecule has 1 unspecified atom stereocenters. The van der Waals surface area contributed by atoms with E-state index in [0.717, 1.165) is 12.5 Å². The van der Waals surface area contributed by atoms with Crippen molar-refractivity contribution in [2.75, 3.05) is 6.54 Å². The van der Waals surface area contributed by atoms with Crippen molar-refractivity contribution in [2.45, 2.75) is 77.0 Å². The Balaban J connectivity index is 1.42. The molecule has 3 saturated carbocycles. The van der Waals surface area contributed by atoms with E-state index in [2.05, 4.69) is 47.9 Å². The Morgan fingerprint density at radius 3 is 2.21 bits per heavy atom. The van der Waals surface area contributed by atoms with Crippen LogP contribution in [0, 0.1) is 12.8 Å². The van der Waals surface area contributed by atoms with E-state index in [4.69, 9.17) is 0 Å². The topological polar surface area (TPSA) is 23.6 Å². The van der Waals surface area contributed by atoms with Crippen molar-refractivity contribution >= 4 is 5.91 Å². The van der Waals surface area contributed by atoms with Gasteiger partial charge in [0.1, 0.15) is 0 Å². The van der Waals surface area contributed by atoms with Gasteiger partial charge in [-0.2, -0.15) is 0 Å². The standard InChI is InChI=1S/C21H30N2O/c1-15-3-5-17(6-4-15)13-23(20-11-12-20)21(24)14-22(19-9-10-19)16(2)18-7-8-18/h3-6,16,18-20H,7-14H2,1-2H3. The normalized spacial score (nSPS) is 21.8. The van der Waals surface area contributed by atoms with Crippen molar-refractivity contribution in [2.24, 2.45) is 5.92 Å². The minimum absolute atomic E-state index is 0.345. The molecule has 24 heavy (non-hydrogen) atoms. The molecular weight excluding hydrogens is 296 g/mol. The van der Waals surface area contributed by atoms with E-state index in [1.54, 1.807) is 0 Å². The fraction of sp³-hybridized carbons (Fsp3) is 0.667. The minimum Gasteiger partial charge on any atom is -0.334 e. The van der Waals surface area contributed by atoms with Crippen molar-refractivity contribution < 1.29 is 4.79 Å². The van der Waals surface area contributed by atoms with Crippen LogP contribution in [0.4, 0.5) is 0 Å². The first kappa shape index (κ1) is 16.1. The summed E-state index contributed by atoms with van der Waals surface area (Å²) in [7, 11) is 0. The summed E-state index contributed by atoms with van der Waals surface area (Å²) >= 11 is 0. The van der Waals surface area contributed by atoms with Crippen LogP contribution in [0.15, 0.2) is 24.3 Å². The number of nitrogens with zero attached hydrogens (tertiary/aromatic N) is 2. The molecule has 3 fully saturated rings. The third-order valence-corrected chi connectivity index (χ3v) is 5.94. The van der Waals surface area contributed by atoms with Crippen LogP contribution in [-0.4, -0.2) is 40.4 Å². The molecule has 3 nitrogen and oxygen atoms in total. The summed E-state index contributed by atoms with van der Waals surface area (Å²) in [4.78, 5) is 17.7. The van der Waals surface area contributed by atoms with Crippen molar-refractivity contribution in [3.8, 4) is 0 Å². The highest BCUT2D eigenvalue weighted by Gasteiger charge is 2.41. The molecule has 0 bridgehead atoms. The Morgan fingerprint density at radius 1 is 1.04 bits per heavy atom. The number of rotatable bonds is 8. The van der Waals surface area contributed by atoms with E-state index < -0.39 is 0 Å². The highest BCUT2D eigenvalue weighted by molar-refractivity contribution is 5.79. The molecule has 0 spiro atoms. The van der Waals surface area contributed by atoms with Gasteiger partial charge < -0.3 is 4.90 Å². The molecule has 3 heteroatoms. The smallest absolute Gasteiger partial charge is 0.237 e. The summed E-state index contributed by atoms with van der Waals surface area (Å²) < 4.78 is 0. The fourth-order valence-electron chi connectivity index (χ4n) is 3.81. The Kier molecular flexibility index (Phi) is 4.38. The first-order valence-corrected chi connectivity index (χ1v) is 9.72. The van der Waals surface area contributed by atoms with Crippen LogP contribution in [0.5, 0.6) is 0 Å². The summed E-state index contributed by atoms with van der Waals surface area (Å²) in [6.45, 7) is 5.86. The predicted octanol–water partition coefficient (Wildman–Crippen LogP) is 3.75. The summed E-state index contributed by atoms with van der Waals surface area (Å²) in [5.41, 5.74) is 2.54. The molecule has 1 aromatic carbocycles. The molecule has 0 aliphatic heterocycles. The molecule has 1 amide bonds. The van der Waals surface area contributed by atoms with Crippen LogP contribution in [0.1, 0.15) is 56.6 Å². The van der Waals surface area contributed by atoms with Crippen LogP contribution >= 0.6 is 0 Å². The van der Waals surface area contributed by atoms with E-state index in [9.17, 15) is 4.79 Å². The maximum atomic E-state index is 13.1. The highest BCUT2D eigenvalue weighted by Crippen LogP contribution is 2.40. The van der Waals surface area contributed by atoms with Crippen molar-refractivity contribution in [3.63, 3.8) is 0 Å². The van der Waals surface area contributed by atoms with E-state index in [1.165, 1.54) is 49.7 Å². The molecule has 130 valence electrons. The van der Waals surface area contributed by atoms with Gasteiger partial charge in [0.25, 0.3) is 0 Å². The van der Waals surface area contributed by atoms with Gasteiger partial charge in [-0.25, -0.2) is 0 Å². The number of benzene rings is 1. The van der Waals surface area contributed by atoms with Gasteiger partial charge in [0.05, 0.1) is 6.54 Å². The first-order valence-electron chi connectivity index (χ1n) is 9.72. The lowest BCUT2D eigenvalue weighted by atomic mass is 10.1. The Labute approximate surface area is 146 Å². The highest BCUT2D eigenvalue weighted by atomic mass is 16.2. The van der Waals surface area contributed by atoms with Crippen molar-refractivity contribution in [1.82, 2.24) is 9.80 Å². The van der Waals surface area contributed by atoms with Gasteiger partial charge in [-0.15, -0.1) is 0 Å². The first-order chi connectivity index (χ1) is 11.6. The summed E-state index contributed by atoms with van der Waals surface area (Å²) in [5.74, 6) is 1.18. The molecule has 0 aromatic heterocycles. The number of carbonyl (C=O) groups excluding carboxylic acids is 1. The monoisotopic (exact) mass is 326 g/mol. The zero-order valence-corrected chi connectivity index (χ0v) is 15.1. The van der Waals surface area contributed by atoms with Gasteiger partial charge in [0.2, 0.25) is 5.91 Å². The van der Waals surface area contributed by atoms with E-state index in [1.807, 2.05) is 0 Å². The maximum Gasteiger partial charge on any atom is 0.237 e. The lowest BCUT2D eigenvalue weighted by Gasteiger charge is -2.32. The fourth-order valence-corrected chi connectivity index (χ4v) is 3.81. The zero-order chi connectivity index (χ0) is 16.7. The third-order valence-electron chi connectivity index (χ3n) is 5.94. The van der Waals surface area contributed by atoms with Gasteiger partial charge >= 0.3 is 0 Å². The van der Waals surface area contributed by atoms with Gasteiger partial charge in [-0.1, -0.05) is 29.8 Å². The molecular formula is C21H30N2O. The summed E-state index contributed by atoms with van der Waals surface area (Å²) in [6, 6.07) is 10.4. The maximum absolute atomic E-state index is 13.1. The van der Waals surface area contributed by atoms with Crippen LogP contribution in [0.25, 0.3) is 0 Å². The Morgan fingerprint density at radius 2 is 1.67 bits per heavy atom. The quantitative estimate of drug-likeness (QED) is 0.726. The predicted molar refractivity (Wildman–Crippen MR) is 96.7 cm³/mol. The molecule has 0 heterocycles. The van der Waals surface area contributed by atoms with E-state index >= 15 is 0 Å². The van der Waals surface area contributed by atoms with Crippen molar-refractivity contribution in [1.29, 1.82) is 0 Å². The average Bonchev–Trinajstić information content (AvgIpc) is 3.40. The number of aryl methyl sites for hydroxylation is 1. The molecule has 4 rings (SSSR count). The third kappa shape index (κ3) is 3.83. The van der Waals surface area contributed by atoms with Gasteiger partial charge in [-0.05, 0) is 63.9 Å². The Bertz CT molecular complexity index is 584. The summed E-state index contributed by atoms with van der Waals surface area (Å²) in [6.07, 6.45) is 7.64. The SMILES string of the molecule is Cc1ccc(CN(C(=O)CN(C2CC2)C(C)C2CC2)C2CC2)cc1. The number of hydrogen-bond acceptors (Lipinski definition) is 2. The number of carbonyl (C=O) groups is 1. The van der Waals surface area contributed by atoms with E-state index in [0.29, 0.717) is 30.6 Å². The second kappa shape index (κ2) is 6.51. The van der Waals surface area contributed by atoms with Crippen molar-refractivity contribution in [3.05, 3.63) is 35.4 Å². The van der Waals surface area contributed by atoms with Crippen LogP contribution in [0.2, 0.25) is 0 Å². The Hall–Kier alpha value is -1.35. The number of amides is 1. The second-order valence-corrected chi connectivity index (χ2v) is 8.22. The molecule has 0 N–H and O–H groups in total. The van der Waals surface area contributed by atoms with E-state index in [-0.39, 0.29) is 0 Å². The lowest BCUT2D eigenvalue weighted by molar-refractivity contribution is -0.134. The molecule has 3 aliphatic rings. The molecule has 0 saturated heterocycles. The van der Waals surface area contributed by atoms with Crippen LogP contribution < -0.4 is 0 Å². The van der Waals surface area contributed by atoms with Gasteiger partial charge in [0, 0.05) is 24.7 Å². The molecule has 1 atom stereocenters. The minimum atomic E-state index is 0.345. The second-order valence-electron chi connectivity index (χ2n) is 8.22. The average molecular weight is 326 g/mol. The summed E-state index contributed by atoms with van der Waals surface area (Å²) in [5, 5.41) is 0. The lowest BCUT2D eigenvalue weighted by Crippen LogP contribution is -2.46. The van der Waals surface area contributed by atoms with Crippen LogP contribution in [-0.2, 0) is 11.3 Å². The van der Waals surface area contributed by atoms with Gasteiger partial charge in [0.15, 0.2) is 0 Å². The molecule has 1 aromatic rings. The molecule has 3 aliphatic carbocycles. The largest absolute Gasteiger partial charge is 0.334 e. The zero-order valence-electron chi connectivity index (χ0n) is 15.1.